The molecular formula is C25H16F4N6O2S2. The van der Waals surface area contributed by atoms with E-state index in [-0.39, 0.29) is 21.5 Å². The molecule has 2 aromatic carbocycles. The molecule has 0 aliphatic rings. The van der Waals surface area contributed by atoms with Crippen LogP contribution in [0.3, 0.4) is 0 Å². The molecule has 0 radical (unpaired) electrons. The Morgan fingerprint density at radius 3 is 2.38 bits per heavy atom. The first-order valence-corrected chi connectivity index (χ1v) is 13.1. The van der Waals surface area contributed by atoms with Crippen LogP contribution < -0.4 is 10.0 Å². The number of pyridine rings is 1. The van der Waals surface area contributed by atoms with Crippen molar-refractivity contribution in [2.24, 2.45) is 0 Å². The lowest BCUT2D eigenvalue weighted by Crippen LogP contribution is -2.16. The summed E-state index contributed by atoms with van der Waals surface area (Å²) in [5.41, 5.74) is 0.655. The van der Waals surface area contributed by atoms with Gasteiger partial charge in [0.25, 0.3) is 5.91 Å². The lowest BCUT2D eigenvalue weighted by atomic mass is 10.2. The number of nitrogens with one attached hydrogen (secondary N) is 2. The summed E-state index contributed by atoms with van der Waals surface area (Å²) in [5.74, 6) is -1.11. The zero-order valence-electron chi connectivity index (χ0n) is 19.5. The Kier molecular flexibility index (Phi) is 7.21. The Morgan fingerprint density at radius 2 is 1.72 bits per heavy atom. The van der Waals surface area contributed by atoms with E-state index in [4.69, 9.17) is 0 Å². The number of anilines is 2. The SMILES string of the molecule is O=C(Nc1nc(-c2ccccn2)cs1)c1cc(NS(=O)c2ccc(C(F)(F)F)cc2)nn1-c1ccc(F)cc1. The predicted octanol–water partition coefficient (Wildman–Crippen LogP) is 5.94. The van der Waals surface area contributed by atoms with Crippen molar-refractivity contribution in [3.63, 3.8) is 0 Å². The zero-order chi connectivity index (χ0) is 27.6. The zero-order valence-corrected chi connectivity index (χ0v) is 21.1. The van der Waals surface area contributed by atoms with Crippen LogP contribution >= 0.6 is 11.3 Å². The Morgan fingerprint density at radius 1 is 0.974 bits per heavy atom. The molecule has 1 unspecified atom stereocenters. The van der Waals surface area contributed by atoms with Crippen molar-refractivity contribution in [2.75, 3.05) is 10.0 Å². The van der Waals surface area contributed by atoms with E-state index in [0.717, 1.165) is 24.3 Å². The third kappa shape index (κ3) is 6.02. The molecule has 1 atom stereocenters. The van der Waals surface area contributed by atoms with Crippen LogP contribution in [0.2, 0.25) is 0 Å². The third-order valence-electron chi connectivity index (χ3n) is 5.26. The van der Waals surface area contributed by atoms with Gasteiger partial charge < -0.3 is 0 Å². The molecule has 1 amide bonds. The average Bonchev–Trinajstić information content (AvgIpc) is 3.57. The summed E-state index contributed by atoms with van der Waals surface area (Å²) in [6, 6.07) is 15.6. The highest BCUT2D eigenvalue weighted by molar-refractivity contribution is 7.86. The molecule has 3 heterocycles. The fourth-order valence-corrected chi connectivity index (χ4v) is 4.91. The molecule has 5 rings (SSSR count). The molecule has 0 aliphatic heterocycles. The van der Waals surface area contributed by atoms with Gasteiger partial charge in [0.05, 0.1) is 21.8 Å². The molecule has 0 spiro atoms. The van der Waals surface area contributed by atoms with E-state index in [9.17, 15) is 26.6 Å². The molecule has 0 saturated carbocycles. The number of thiazole rings is 1. The maximum atomic E-state index is 13.5. The minimum Gasteiger partial charge on any atom is -0.296 e. The normalized spacial score (nSPS) is 12.2. The van der Waals surface area contributed by atoms with E-state index >= 15 is 0 Å². The minimum absolute atomic E-state index is 0.00288. The van der Waals surface area contributed by atoms with Gasteiger partial charge in [-0.3, -0.25) is 19.8 Å². The van der Waals surface area contributed by atoms with Gasteiger partial charge in [-0.15, -0.1) is 16.4 Å². The maximum Gasteiger partial charge on any atom is 0.416 e. The van der Waals surface area contributed by atoms with Crippen LogP contribution in [0.5, 0.6) is 0 Å². The molecule has 14 heteroatoms. The third-order valence-corrected chi connectivity index (χ3v) is 7.11. The fourth-order valence-electron chi connectivity index (χ4n) is 3.42. The van der Waals surface area contributed by atoms with Gasteiger partial charge in [-0.25, -0.2) is 18.3 Å². The lowest BCUT2D eigenvalue weighted by Gasteiger charge is -2.08. The number of carbonyl (C=O) groups excluding carboxylic acids is 1. The molecule has 0 saturated heterocycles. The van der Waals surface area contributed by atoms with E-state index in [1.165, 1.54) is 46.4 Å². The Labute approximate surface area is 225 Å². The number of rotatable bonds is 7. The summed E-state index contributed by atoms with van der Waals surface area (Å²) < 4.78 is 68.6. The number of benzene rings is 2. The number of amides is 1. The molecule has 2 N–H and O–H groups in total. The summed E-state index contributed by atoms with van der Waals surface area (Å²) in [6.07, 6.45) is -2.91. The number of halogens is 4. The first kappa shape index (κ1) is 26.2. The number of alkyl halides is 3. The van der Waals surface area contributed by atoms with Crippen molar-refractivity contribution in [1.29, 1.82) is 0 Å². The van der Waals surface area contributed by atoms with Gasteiger partial charge in [0, 0.05) is 17.6 Å². The molecule has 0 aliphatic carbocycles. The van der Waals surface area contributed by atoms with E-state index in [0.29, 0.717) is 17.1 Å². The summed E-state index contributed by atoms with van der Waals surface area (Å²) in [6.45, 7) is 0. The van der Waals surface area contributed by atoms with Crippen molar-refractivity contribution >= 4 is 39.2 Å². The van der Waals surface area contributed by atoms with Crippen LogP contribution in [0.4, 0.5) is 28.5 Å². The first-order chi connectivity index (χ1) is 18.7. The second-order valence-corrected chi connectivity index (χ2v) is 9.97. The molecule has 198 valence electrons. The van der Waals surface area contributed by atoms with Crippen molar-refractivity contribution < 1.29 is 26.6 Å². The number of carbonyl (C=O) groups is 1. The Balaban J connectivity index is 1.41. The quantitative estimate of drug-likeness (QED) is 0.235. The summed E-state index contributed by atoms with van der Waals surface area (Å²) in [4.78, 5) is 21.9. The van der Waals surface area contributed by atoms with Crippen molar-refractivity contribution in [3.8, 4) is 17.1 Å². The van der Waals surface area contributed by atoms with Gasteiger partial charge in [0.1, 0.15) is 17.2 Å². The summed E-state index contributed by atoms with van der Waals surface area (Å²) >= 11 is 1.18. The second-order valence-electron chi connectivity index (χ2n) is 7.90. The maximum absolute atomic E-state index is 13.5. The highest BCUT2D eigenvalue weighted by Gasteiger charge is 2.30. The molecule has 5 aromatic rings. The fraction of sp³-hybridized carbons (Fsp3) is 0.0400. The number of hydrogen-bond donors (Lipinski definition) is 2. The number of aromatic nitrogens is 4. The first-order valence-electron chi connectivity index (χ1n) is 11.1. The lowest BCUT2D eigenvalue weighted by molar-refractivity contribution is -0.137. The van der Waals surface area contributed by atoms with Crippen LogP contribution in [0, 0.1) is 5.82 Å². The minimum atomic E-state index is -4.53. The van der Waals surface area contributed by atoms with E-state index in [1.807, 2.05) is 6.07 Å². The molecule has 3 aromatic heterocycles. The van der Waals surface area contributed by atoms with Crippen LogP contribution in [0.1, 0.15) is 16.1 Å². The van der Waals surface area contributed by atoms with Gasteiger partial charge >= 0.3 is 6.18 Å². The topological polar surface area (TPSA) is 102 Å². The van der Waals surface area contributed by atoms with Gasteiger partial charge in [0.15, 0.2) is 21.9 Å². The molecule has 8 nitrogen and oxygen atoms in total. The van der Waals surface area contributed by atoms with Gasteiger partial charge in [0.2, 0.25) is 0 Å². The predicted molar refractivity (Wildman–Crippen MR) is 138 cm³/mol. The number of hydrogen-bond acceptors (Lipinski definition) is 6. The van der Waals surface area contributed by atoms with Crippen molar-refractivity contribution in [2.45, 2.75) is 11.1 Å². The van der Waals surface area contributed by atoms with E-state index in [2.05, 4.69) is 25.1 Å². The van der Waals surface area contributed by atoms with E-state index in [1.54, 1.807) is 23.7 Å². The molecule has 39 heavy (non-hydrogen) atoms. The largest absolute Gasteiger partial charge is 0.416 e. The molecular weight excluding hydrogens is 556 g/mol. The monoisotopic (exact) mass is 572 g/mol. The highest BCUT2D eigenvalue weighted by Crippen LogP contribution is 2.30. The highest BCUT2D eigenvalue weighted by atomic mass is 32.2. The number of nitrogens with zero attached hydrogens (tertiary/aromatic N) is 4. The molecule has 0 bridgehead atoms. The standard InChI is InChI=1S/C25H16F4N6O2S2/c26-16-6-8-17(9-7-16)35-21(23(36)32-24-31-20(14-38-24)19-3-1-2-12-30-19)13-22(33-35)34-39(37)18-10-4-15(5-11-18)25(27,28)29/h1-14H,(H,33,34)(H,31,32,36). The van der Waals surface area contributed by atoms with Crippen molar-refractivity contribution in [1.82, 2.24) is 19.7 Å². The summed E-state index contributed by atoms with van der Waals surface area (Å²) in [7, 11) is -2.00. The van der Waals surface area contributed by atoms with Crippen molar-refractivity contribution in [3.05, 3.63) is 101 Å². The van der Waals surface area contributed by atoms with Gasteiger partial charge in [-0.2, -0.15) is 13.2 Å². The Hall–Kier alpha value is -4.43. The molecule has 0 fully saturated rings. The Bertz CT molecular complexity index is 1640. The smallest absolute Gasteiger partial charge is 0.296 e. The second kappa shape index (κ2) is 10.7. The van der Waals surface area contributed by atoms with Crippen LogP contribution in [0.25, 0.3) is 17.1 Å². The van der Waals surface area contributed by atoms with Crippen LogP contribution in [-0.2, 0) is 17.2 Å². The summed E-state index contributed by atoms with van der Waals surface area (Å²) in [5, 5.41) is 8.97. The van der Waals surface area contributed by atoms with Gasteiger partial charge in [-0.1, -0.05) is 6.07 Å². The average molecular weight is 573 g/mol. The van der Waals surface area contributed by atoms with E-state index < -0.39 is 34.4 Å². The van der Waals surface area contributed by atoms with Crippen LogP contribution in [0.15, 0.2) is 89.3 Å². The van der Waals surface area contributed by atoms with Crippen LogP contribution in [-0.4, -0.2) is 29.9 Å². The van der Waals surface area contributed by atoms with Gasteiger partial charge in [-0.05, 0) is 60.7 Å².